The highest BCUT2D eigenvalue weighted by Crippen LogP contribution is 2.38. The van der Waals surface area contributed by atoms with Crippen LogP contribution in [0.25, 0.3) is 0 Å². The molecule has 0 saturated carbocycles. The van der Waals surface area contributed by atoms with Crippen LogP contribution in [0.4, 0.5) is 0 Å². The minimum absolute atomic E-state index is 0.200. The van der Waals surface area contributed by atoms with Crippen LogP contribution in [-0.4, -0.2) is 52.8 Å². The number of hydrogen-bond donors (Lipinski definition) is 1. The van der Waals surface area contributed by atoms with Crippen LogP contribution in [0.2, 0.25) is 0 Å². The van der Waals surface area contributed by atoms with Crippen molar-refractivity contribution in [2.24, 2.45) is 0 Å². The molecule has 2 rings (SSSR count). The summed E-state index contributed by atoms with van der Waals surface area (Å²) < 4.78 is 0.928. The van der Waals surface area contributed by atoms with Gasteiger partial charge in [-0.25, -0.2) is 0 Å². The number of unbranched alkanes of at least 4 members (excludes halogenated alkanes) is 2. The molecule has 29 heavy (non-hydrogen) atoms. The van der Waals surface area contributed by atoms with Gasteiger partial charge in [-0.3, -0.25) is 9.59 Å². The van der Waals surface area contributed by atoms with E-state index in [0.29, 0.717) is 6.54 Å². The summed E-state index contributed by atoms with van der Waals surface area (Å²) in [5, 5.41) is 10.4. The van der Waals surface area contributed by atoms with Gasteiger partial charge in [0, 0.05) is 11.0 Å². The fraction of sp³-hybridized carbons (Fsp3) is 0.565. The normalized spacial score (nSPS) is 16.9. The van der Waals surface area contributed by atoms with Gasteiger partial charge in [-0.15, -0.1) is 0 Å². The van der Waals surface area contributed by atoms with Crippen molar-refractivity contribution in [2.75, 3.05) is 26.2 Å². The topological polar surface area (TPSA) is 60.9 Å². The van der Waals surface area contributed by atoms with Crippen LogP contribution < -0.4 is 0 Å². The highest BCUT2D eigenvalue weighted by atomic mass is 79.9. The van der Waals surface area contributed by atoms with Crippen LogP contribution in [0.3, 0.4) is 0 Å². The number of ketones is 1. The van der Waals surface area contributed by atoms with Crippen molar-refractivity contribution in [2.45, 2.75) is 58.9 Å². The molecule has 1 unspecified atom stereocenters. The van der Waals surface area contributed by atoms with Gasteiger partial charge in [0.25, 0.3) is 5.91 Å². The quantitative estimate of drug-likeness (QED) is 0.471. The van der Waals surface area contributed by atoms with Crippen molar-refractivity contribution in [3.05, 3.63) is 45.6 Å². The van der Waals surface area contributed by atoms with Crippen molar-refractivity contribution in [1.82, 2.24) is 9.80 Å². The Morgan fingerprint density at radius 1 is 1.07 bits per heavy atom. The molecule has 0 spiro atoms. The number of rotatable bonds is 12. The van der Waals surface area contributed by atoms with E-state index in [-0.39, 0.29) is 11.4 Å². The van der Waals surface area contributed by atoms with Crippen LogP contribution >= 0.6 is 15.9 Å². The van der Waals surface area contributed by atoms with E-state index in [9.17, 15) is 14.7 Å². The molecule has 1 heterocycles. The zero-order valence-electron chi connectivity index (χ0n) is 17.8. The lowest BCUT2D eigenvalue weighted by Gasteiger charge is -2.28. The number of aliphatic hydroxyl groups excluding tert-OH is 1. The molecule has 1 aromatic carbocycles. The maximum absolute atomic E-state index is 12.7. The van der Waals surface area contributed by atoms with Crippen LogP contribution in [0, 0.1) is 0 Å². The molecule has 0 fully saturated rings. The molecule has 1 atom stereocenters. The first-order valence-corrected chi connectivity index (χ1v) is 11.4. The molecule has 1 aliphatic rings. The summed E-state index contributed by atoms with van der Waals surface area (Å²) in [6.07, 6.45) is 5.48. The zero-order valence-corrected chi connectivity index (χ0v) is 19.4. The number of carbonyl (C=O) groups is 2. The standard InChI is InChI=1S/C23H33BrN2O3/c1-4-6-13-25(14-7-5-2)15-8-16-26-21(18-9-11-19(24)12-10-18)20(17(3)27)22(28)23(26)29/h9-12,21,28H,4-8,13-16H2,1-3H3. The highest BCUT2D eigenvalue weighted by molar-refractivity contribution is 9.10. The van der Waals surface area contributed by atoms with Gasteiger partial charge < -0.3 is 14.9 Å². The maximum atomic E-state index is 12.7. The number of aliphatic hydroxyl groups is 1. The average molecular weight is 465 g/mol. The maximum Gasteiger partial charge on any atom is 0.290 e. The second kappa shape index (κ2) is 11.5. The van der Waals surface area contributed by atoms with E-state index >= 15 is 0 Å². The summed E-state index contributed by atoms with van der Waals surface area (Å²) in [6.45, 7) is 9.36. The summed E-state index contributed by atoms with van der Waals surface area (Å²) >= 11 is 3.42. The number of nitrogens with zero attached hydrogens (tertiary/aromatic N) is 2. The molecule has 1 N–H and O–H groups in total. The minimum Gasteiger partial charge on any atom is -0.503 e. The molecule has 0 aliphatic carbocycles. The molecule has 0 aromatic heterocycles. The first kappa shape index (κ1) is 23.6. The lowest BCUT2D eigenvalue weighted by Crippen LogP contribution is -2.35. The van der Waals surface area contributed by atoms with Crippen LogP contribution in [-0.2, 0) is 9.59 Å². The summed E-state index contributed by atoms with van der Waals surface area (Å²) in [7, 11) is 0. The third kappa shape index (κ3) is 6.16. The van der Waals surface area contributed by atoms with E-state index in [0.717, 1.165) is 36.1 Å². The molecular formula is C23H33BrN2O3. The van der Waals surface area contributed by atoms with Crippen LogP contribution in [0.1, 0.15) is 64.5 Å². The summed E-state index contributed by atoms with van der Waals surface area (Å²) in [5.41, 5.74) is 1.04. The Labute approximate surface area is 182 Å². The SMILES string of the molecule is CCCCN(CCCC)CCCN1C(=O)C(O)=C(C(C)=O)C1c1ccc(Br)cc1. The second-order valence-electron chi connectivity index (χ2n) is 7.67. The third-order valence-corrected chi connectivity index (χ3v) is 5.93. The first-order chi connectivity index (χ1) is 13.9. The van der Waals surface area contributed by atoms with Gasteiger partial charge in [0.15, 0.2) is 11.5 Å². The van der Waals surface area contributed by atoms with Crippen molar-refractivity contribution in [3.63, 3.8) is 0 Å². The van der Waals surface area contributed by atoms with Gasteiger partial charge in [0.05, 0.1) is 11.6 Å². The van der Waals surface area contributed by atoms with Gasteiger partial charge in [0.2, 0.25) is 0 Å². The molecule has 0 saturated heterocycles. The van der Waals surface area contributed by atoms with Gasteiger partial charge in [0.1, 0.15) is 0 Å². The lowest BCUT2D eigenvalue weighted by molar-refractivity contribution is -0.129. The van der Waals surface area contributed by atoms with E-state index in [1.54, 1.807) is 4.90 Å². The Morgan fingerprint density at radius 2 is 1.62 bits per heavy atom. The Bertz CT molecular complexity index is 722. The second-order valence-corrected chi connectivity index (χ2v) is 8.59. The molecule has 6 heteroatoms. The Hall–Kier alpha value is -1.66. The molecule has 0 bridgehead atoms. The minimum atomic E-state index is -0.521. The number of benzene rings is 1. The molecule has 1 aromatic rings. The first-order valence-electron chi connectivity index (χ1n) is 10.6. The fourth-order valence-corrected chi connectivity index (χ4v) is 4.06. The van der Waals surface area contributed by atoms with Crippen molar-refractivity contribution < 1.29 is 14.7 Å². The smallest absolute Gasteiger partial charge is 0.290 e. The van der Waals surface area contributed by atoms with Crippen LogP contribution in [0.5, 0.6) is 0 Å². The lowest BCUT2D eigenvalue weighted by atomic mass is 9.97. The van der Waals surface area contributed by atoms with Crippen molar-refractivity contribution in [3.8, 4) is 0 Å². The number of Topliss-reactive ketones (excluding diaryl/α,β-unsaturated/α-hetero) is 1. The third-order valence-electron chi connectivity index (χ3n) is 5.40. The molecule has 1 amide bonds. The number of carbonyl (C=O) groups excluding carboxylic acids is 2. The summed E-state index contributed by atoms with van der Waals surface area (Å²) in [6, 6.07) is 7.05. The van der Waals surface area contributed by atoms with E-state index in [4.69, 9.17) is 0 Å². The molecule has 160 valence electrons. The van der Waals surface area contributed by atoms with E-state index < -0.39 is 17.7 Å². The van der Waals surface area contributed by atoms with Gasteiger partial charge in [-0.05, 0) is 63.5 Å². The summed E-state index contributed by atoms with van der Waals surface area (Å²) in [4.78, 5) is 29.0. The Kier molecular flexibility index (Phi) is 9.37. The molecule has 0 radical (unpaired) electrons. The largest absolute Gasteiger partial charge is 0.503 e. The van der Waals surface area contributed by atoms with Gasteiger partial charge >= 0.3 is 0 Å². The van der Waals surface area contributed by atoms with Gasteiger partial charge in [-0.1, -0.05) is 54.8 Å². The van der Waals surface area contributed by atoms with Crippen molar-refractivity contribution >= 4 is 27.6 Å². The van der Waals surface area contributed by atoms with E-state index in [2.05, 4.69) is 34.7 Å². The predicted molar refractivity (Wildman–Crippen MR) is 120 cm³/mol. The molecule has 1 aliphatic heterocycles. The zero-order chi connectivity index (χ0) is 21.4. The monoisotopic (exact) mass is 464 g/mol. The van der Waals surface area contributed by atoms with Gasteiger partial charge in [-0.2, -0.15) is 0 Å². The summed E-state index contributed by atoms with van der Waals surface area (Å²) in [5.74, 6) is -1.12. The fourth-order valence-electron chi connectivity index (χ4n) is 3.80. The molecule has 5 nitrogen and oxygen atoms in total. The average Bonchev–Trinajstić information content (AvgIpc) is 2.95. The van der Waals surface area contributed by atoms with Crippen LogP contribution in [0.15, 0.2) is 40.1 Å². The number of amides is 1. The highest BCUT2D eigenvalue weighted by Gasteiger charge is 2.41. The van der Waals surface area contributed by atoms with E-state index in [1.165, 1.54) is 32.6 Å². The van der Waals surface area contributed by atoms with E-state index in [1.807, 2.05) is 24.3 Å². The number of hydrogen-bond acceptors (Lipinski definition) is 4. The number of halogens is 1. The predicted octanol–water partition coefficient (Wildman–Crippen LogP) is 5.03. The Balaban J connectivity index is 2.13. The van der Waals surface area contributed by atoms with Crippen molar-refractivity contribution in [1.29, 1.82) is 0 Å². The molecular weight excluding hydrogens is 432 g/mol. The Morgan fingerprint density at radius 3 is 2.14 bits per heavy atom.